The second-order valence-corrected chi connectivity index (χ2v) is 5.22. The number of halogens is 1. The molecule has 0 aliphatic carbocycles. The summed E-state index contributed by atoms with van der Waals surface area (Å²) in [5, 5.41) is 0. The minimum atomic E-state index is -0.480. The molecule has 0 aliphatic heterocycles. The number of carbonyl (C=O) groups is 1. The Labute approximate surface area is 127 Å². The number of ether oxygens (including phenoxy) is 1. The molecule has 1 aromatic heterocycles. The Morgan fingerprint density at radius 2 is 2.24 bits per heavy atom. The van der Waals surface area contributed by atoms with Gasteiger partial charge in [0.2, 0.25) is 5.91 Å². The van der Waals surface area contributed by atoms with Crippen LogP contribution in [0.3, 0.4) is 0 Å². The van der Waals surface area contributed by atoms with E-state index < -0.39 is 11.9 Å². The fraction of sp³-hybridized carbons (Fsp3) is 0.429. The highest BCUT2D eigenvalue weighted by atomic mass is 32.1. The zero-order valence-corrected chi connectivity index (χ0v) is 13.3. The Morgan fingerprint density at radius 1 is 1.57 bits per heavy atom. The first kappa shape index (κ1) is 15.5. The van der Waals surface area contributed by atoms with Crippen LogP contribution in [0.25, 0.3) is 11.0 Å². The Kier molecular flexibility index (Phi) is 4.32. The van der Waals surface area contributed by atoms with E-state index in [1.807, 2.05) is 6.92 Å². The summed E-state index contributed by atoms with van der Waals surface area (Å²) in [5.41, 5.74) is 1.18. The van der Waals surface area contributed by atoms with Crippen LogP contribution >= 0.6 is 12.2 Å². The van der Waals surface area contributed by atoms with Crippen LogP contribution in [0.2, 0.25) is 0 Å². The molecule has 5 nitrogen and oxygen atoms in total. The number of hydrogen-bond donors (Lipinski definition) is 1. The second kappa shape index (κ2) is 5.85. The van der Waals surface area contributed by atoms with Gasteiger partial charge < -0.3 is 19.2 Å². The van der Waals surface area contributed by atoms with Crippen LogP contribution in [0.15, 0.2) is 12.1 Å². The lowest BCUT2D eigenvalue weighted by molar-refractivity contribution is -0.132. The monoisotopic (exact) mass is 311 g/mol. The van der Waals surface area contributed by atoms with Gasteiger partial charge in [0.05, 0.1) is 18.1 Å². The molecule has 0 saturated carbocycles. The Bertz CT molecular complexity index is 738. The first-order chi connectivity index (χ1) is 9.90. The first-order valence-corrected chi connectivity index (χ1v) is 7.04. The number of hydrogen-bond acceptors (Lipinski definition) is 3. The molecule has 114 valence electrons. The number of nitrogens with one attached hydrogen (secondary N) is 1. The molecule has 1 heterocycles. The maximum absolute atomic E-state index is 13.7. The minimum Gasteiger partial charge on any atom is -0.494 e. The van der Waals surface area contributed by atoms with E-state index in [0.29, 0.717) is 22.3 Å². The molecular weight excluding hydrogens is 293 g/mol. The quantitative estimate of drug-likeness (QED) is 0.883. The van der Waals surface area contributed by atoms with Crippen LogP contribution in [-0.4, -0.2) is 41.1 Å². The van der Waals surface area contributed by atoms with Gasteiger partial charge in [0.15, 0.2) is 16.3 Å². The third-order valence-corrected chi connectivity index (χ3v) is 3.88. The number of methoxy groups -OCH3 is 1. The first-order valence-electron chi connectivity index (χ1n) is 6.63. The van der Waals surface area contributed by atoms with Gasteiger partial charge in [-0.15, -0.1) is 0 Å². The zero-order chi connectivity index (χ0) is 15.7. The molecule has 0 aliphatic rings. The van der Waals surface area contributed by atoms with Gasteiger partial charge in [0.1, 0.15) is 6.04 Å². The molecule has 1 amide bonds. The molecule has 1 aromatic carbocycles. The molecule has 1 unspecified atom stereocenters. The molecule has 21 heavy (non-hydrogen) atoms. The topological polar surface area (TPSA) is 50.3 Å². The number of amides is 1. The van der Waals surface area contributed by atoms with Crippen LogP contribution < -0.4 is 4.74 Å². The van der Waals surface area contributed by atoms with Crippen molar-refractivity contribution in [3.63, 3.8) is 0 Å². The van der Waals surface area contributed by atoms with Gasteiger partial charge in [-0.05, 0) is 26.1 Å². The van der Waals surface area contributed by atoms with Gasteiger partial charge in [0.25, 0.3) is 0 Å². The Hall–Kier alpha value is -1.89. The van der Waals surface area contributed by atoms with E-state index in [1.165, 1.54) is 13.2 Å². The highest BCUT2D eigenvalue weighted by molar-refractivity contribution is 7.71. The van der Waals surface area contributed by atoms with Gasteiger partial charge in [-0.25, -0.2) is 4.39 Å². The smallest absolute Gasteiger partial charge is 0.245 e. The SMILES string of the molecule is CCN(C)C(=O)C(C)n1c(=S)[nH]c2cc(F)c(OC)cc21. The van der Waals surface area contributed by atoms with E-state index in [9.17, 15) is 9.18 Å². The van der Waals surface area contributed by atoms with Crippen molar-refractivity contribution in [2.75, 3.05) is 20.7 Å². The van der Waals surface area contributed by atoms with E-state index in [0.717, 1.165) is 0 Å². The van der Waals surface area contributed by atoms with Crippen molar-refractivity contribution in [1.82, 2.24) is 14.5 Å². The number of carbonyl (C=O) groups excluding carboxylic acids is 1. The summed E-state index contributed by atoms with van der Waals surface area (Å²) in [4.78, 5) is 16.9. The molecule has 7 heteroatoms. The van der Waals surface area contributed by atoms with Crippen LogP contribution in [0, 0.1) is 10.6 Å². The molecule has 0 fully saturated rings. The zero-order valence-electron chi connectivity index (χ0n) is 12.4. The number of likely N-dealkylation sites (N-methyl/N-ethyl adjacent to an activating group) is 1. The predicted octanol–water partition coefficient (Wildman–Crippen LogP) is 2.89. The molecule has 2 rings (SSSR count). The molecule has 2 aromatic rings. The Morgan fingerprint density at radius 3 is 2.81 bits per heavy atom. The lowest BCUT2D eigenvalue weighted by atomic mass is 10.2. The van der Waals surface area contributed by atoms with Gasteiger partial charge in [-0.2, -0.15) is 0 Å². The standard InChI is InChI=1S/C14H18FN3O2S/c1-5-17(3)13(19)8(2)18-11-7-12(20-4)9(15)6-10(11)16-14(18)21/h6-8H,5H2,1-4H3,(H,16,21). The molecular formula is C14H18FN3O2S. The number of aromatic nitrogens is 2. The summed E-state index contributed by atoms with van der Waals surface area (Å²) >= 11 is 5.27. The predicted molar refractivity (Wildman–Crippen MR) is 81.7 cm³/mol. The summed E-state index contributed by atoms with van der Waals surface area (Å²) in [5.74, 6) is -0.412. The lowest BCUT2D eigenvalue weighted by Crippen LogP contribution is -2.32. The number of aromatic amines is 1. The molecule has 1 atom stereocenters. The van der Waals surface area contributed by atoms with Crippen LogP contribution in [0.1, 0.15) is 19.9 Å². The van der Waals surface area contributed by atoms with Crippen LogP contribution in [-0.2, 0) is 4.79 Å². The highest BCUT2D eigenvalue weighted by Crippen LogP contribution is 2.27. The largest absolute Gasteiger partial charge is 0.494 e. The van der Waals surface area contributed by atoms with Crippen molar-refractivity contribution >= 4 is 29.2 Å². The number of H-pyrrole nitrogens is 1. The second-order valence-electron chi connectivity index (χ2n) is 4.83. The number of nitrogens with zero attached hydrogens (tertiary/aromatic N) is 2. The van der Waals surface area contributed by atoms with Gasteiger partial charge in [-0.3, -0.25) is 4.79 Å². The maximum Gasteiger partial charge on any atom is 0.245 e. The average Bonchev–Trinajstić information content (AvgIpc) is 2.78. The third kappa shape index (κ3) is 2.65. The molecule has 0 bridgehead atoms. The normalized spacial score (nSPS) is 12.4. The van der Waals surface area contributed by atoms with Gasteiger partial charge in [-0.1, -0.05) is 0 Å². The van der Waals surface area contributed by atoms with Crippen LogP contribution in [0.5, 0.6) is 5.75 Å². The number of benzene rings is 1. The molecule has 0 spiro atoms. The van der Waals surface area contributed by atoms with Crippen molar-refractivity contribution in [3.05, 3.63) is 22.7 Å². The lowest BCUT2D eigenvalue weighted by Gasteiger charge is -2.21. The average molecular weight is 311 g/mol. The van der Waals surface area contributed by atoms with Crippen molar-refractivity contribution in [1.29, 1.82) is 0 Å². The third-order valence-electron chi connectivity index (χ3n) is 3.59. The highest BCUT2D eigenvalue weighted by Gasteiger charge is 2.22. The molecule has 0 saturated heterocycles. The van der Waals surface area contributed by atoms with Crippen molar-refractivity contribution in [2.45, 2.75) is 19.9 Å². The van der Waals surface area contributed by atoms with Crippen molar-refractivity contribution in [2.24, 2.45) is 0 Å². The van der Waals surface area contributed by atoms with Crippen molar-refractivity contribution in [3.8, 4) is 5.75 Å². The number of imidazole rings is 1. The van der Waals surface area contributed by atoms with Crippen LogP contribution in [0.4, 0.5) is 4.39 Å². The Balaban J connectivity index is 2.60. The fourth-order valence-electron chi connectivity index (χ4n) is 2.25. The van der Waals surface area contributed by atoms with E-state index in [2.05, 4.69) is 4.98 Å². The van der Waals surface area contributed by atoms with E-state index >= 15 is 0 Å². The minimum absolute atomic E-state index is 0.0576. The number of fused-ring (bicyclic) bond motifs is 1. The maximum atomic E-state index is 13.7. The summed E-state index contributed by atoms with van der Waals surface area (Å²) < 4.78 is 20.8. The fourth-order valence-corrected chi connectivity index (χ4v) is 2.62. The summed E-state index contributed by atoms with van der Waals surface area (Å²) in [7, 11) is 3.13. The summed E-state index contributed by atoms with van der Waals surface area (Å²) in [6, 6.07) is 2.39. The summed E-state index contributed by atoms with van der Waals surface area (Å²) in [6.45, 7) is 4.28. The van der Waals surface area contributed by atoms with Gasteiger partial charge in [0, 0.05) is 25.7 Å². The number of rotatable bonds is 4. The van der Waals surface area contributed by atoms with Crippen molar-refractivity contribution < 1.29 is 13.9 Å². The van der Waals surface area contributed by atoms with E-state index in [1.54, 1.807) is 29.5 Å². The van der Waals surface area contributed by atoms with E-state index in [-0.39, 0.29) is 11.7 Å². The van der Waals surface area contributed by atoms with E-state index in [4.69, 9.17) is 17.0 Å². The summed E-state index contributed by atoms with van der Waals surface area (Å²) in [6.07, 6.45) is 0. The molecule has 0 radical (unpaired) electrons. The molecule has 1 N–H and O–H groups in total. The van der Waals surface area contributed by atoms with Gasteiger partial charge >= 0.3 is 0 Å².